The van der Waals surface area contributed by atoms with Crippen molar-refractivity contribution in [3.8, 4) is 5.75 Å². The summed E-state index contributed by atoms with van der Waals surface area (Å²) in [6.07, 6.45) is 0.624. The molecule has 3 rings (SSSR count). The molecule has 0 aromatic heterocycles. The minimum atomic E-state index is -3.97. The van der Waals surface area contributed by atoms with Gasteiger partial charge in [-0.05, 0) is 23.8 Å². The molecule has 2 aliphatic rings. The first kappa shape index (κ1) is 16.7. The second-order valence-corrected chi connectivity index (χ2v) is 7.69. The van der Waals surface area contributed by atoms with Crippen LogP contribution in [0.15, 0.2) is 23.1 Å². The lowest BCUT2D eigenvalue weighted by Crippen LogP contribution is -2.58. The first-order valence-corrected chi connectivity index (χ1v) is 9.00. The first-order chi connectivity index (χ1) is 11.3. The molecule has 2 aliphatic heterocycles. The molecule has 1 atom stereocenters. The number of sulfonamides is 1. The molecule has 1 saturated heterocycles. The summed E-state index contributed by atoms with van der Waals surface area (Å²) < 4.78 is 32.1. The van der Waals surface area contributed by atoms with Crippen LogP contribution in [0.1, 0.15) is 12.5 Å². The van der Waals surface area contributed by atoms with E-state index in [-0.39, 0.29) is 30.4 Å². The molecule has 2 heterocycles. The van der Waals surface area contributed by atoms with Crippen LogP contribution in [0.25, 0.3) is 0 Å². The molecule has 0 spiro atoms. The number of hydrogen-bond acceptors (Lipinski definition) is 5. The summed E-state index contributed by atoms with van der Waals surface area (Å²) in [7, 11) is -3.97. The van der Waals surface area contributed by atoms with Gasteiger partial charge in [0.1, 0.15) is 11.8 Å². The molecular weight excluding hydrogens is 336 g/mol. The van der Waals surface area contributed by atoms with Crippen LogP contribution in [-0.4, -0.2) is 66.9 Å². The fourth-order valence-corrected chi connectivity index (χ4v) is 4.62. The van der Waals surface area contributed by atoms with Crippen molar-refractivity contribution in [2.75, 3.05) is 26.2 Å². The number of carbonyl (C=O) groups excluding carboxylic acids is 1. The molecular formula is C15H18N2O6S. The van der Waals surface area contributed by atoms with Crippen molar-refractivity contribution in [1.29, 1.82) is 0 Å². The van der Waals surface area contributed by atoms with Gasteiger partial charge in [-0.1, -0.05) is 0 Å². The van der Waals surface area contributed by atoms with Crippen molar-refractivity contribution >= 4 is 21.9 Å². The highest BCUT2D eigenvalue weighted by atomic mass is 32.2. The molecule has 1 amide bonds. The van der Waals surface area contributed by atoms with Gasteiger partial charge in [0, 0.05) is 33.0 Å². The number of carbonyl (C=O) groups is 2. The fraction of sp³-hybridized carbons (Fsp3) is 0.467. The third-order valence-corrected chi connectivity index (χ3v) is 6.23. The van der Waals surface area contributed by atoms with E-state index in [0.717, 1.165) is 9.87 Å². The zero-order valence-electron chi connectivity index (χ0n) is 13.1. The highest BCUT2D eigenvalue weighted by Gasteiger charge is 2.41. The van der Waals surface area contributed by atoms with Crippen LogP contribution in [0.3, 0.4) is 0 Å². The molecule has 9 heteroatoms. The molecule has 1 N–H and O–H groups in total. The van der Waals surface area contributed by atoms with Crippen molar-refractivity contribution in [2.24, 2.45) is 0 Å². The number of hydrogen-bond donors (Lipinski definition) is 1. The van der Waals surface area contributed by atoms with Gasteiger partial charge in [0.2, 0.25) is 15.9 Å². The van der Waals surface area contributed by atoms with E-state index in [2.05, 4.69) is 0 Å². The maximum Gasteiger partial charge on any atom is 0.323 e. The lowest BCUT2D eigenvalue weighted by atomic mass is 10.2. The molecule has 0 radical (unpaired) electrons. The Kier molecular flexibility index (Phi) is 4.22. The number of rotatable bonds is 3. The number of fused-ring (bicyclic) bond motifs is 1. The molecule has 24 heavy (non-hydrogen) atoms. The van der Waals surface area contributed by atoms with E-state index >= 15 is 0 Å². The highest BCUT2D eigenvalue weighted by Crippen LogP contribution is 2.30. The summed E-state index contributed by atoms with van der Waals surface area (Å²) in [6, 6.07) is 3.26. The van der Waals surface area contributed by atoms with Gasteiger partial charge in [-0.15, -0.1) is 0 Å². The summed E-state index contributed by atoms with van der Waals surface area (Å²) in [5, 5.41) is 9.41. The SMILES string of the molecule is CC(=O)N1CCN(S(=O)(=O)c2ccc3c(c2)CCO3)C(C(=O)O)C1. The number of ether oxygens (including phenoxy) is 1. The van der Waals surface area contributed by atoms with Crippen LogP contribution in [-0.2, 0) is 26.0 Å². The second-order valence-electron chi connectivity index (χ2n) is 5.80. The summed E-state index contributed by atoms with van der Waals surface area (Å²) in [4.78, 5) is 24.4. The Morgan fingerprint density at radius 3 is 2.71 bits per heavy atom. The molecule has 1 unspecified atom stereocenters. The number of aliphatic carboxylic acids is 1. The Labute approximate surface area is 139 Å². The normalized spacial score (nSPS) is 21.2. The molecule has 8 nitrogen and oxygen atoms in total. The van der Waals surface area contributed by atoms with E-state index in [1.165, 1.54) is 24.0 Å². The molecule has 0 aliphatic carbocycles. The number of benzene rings is 1. The first-order valence-electron chi connectivity index (χ1n) is 7.56. The number of nitrogens with zero attached hydrogens (tertiary/aromatic N) is 2. The van der Waals surface area contributed by atoms with Crippen LogP contribution < -0.4 is 4.74 Å². The van der Waals surface area contributed by atoms with Crippen LogP contribution in [0.2, 0.25) is 0 Å². The van der Waals surface area contributed by atoms with Gasteiger partial charge < -0.3 is 14.7 Å². The van der Waals surface area contributed by atoms with Crippen molar-refractivity contribution in [3.63, 3.8) is 0 Å². The topological polar surface area (TPSA) is 104 Å². The quantitative estimate of drug-likeness (QED) is 0.815. The van der Waals surface area contributed by atoms with Crippen molar-refractivity contribution in [1.82, 2.24) is 9.21 Å². The second kappa shape index (κ2) is 6.06. The van der Waals surface area contributed by atoms with Crippen LogP contribution >= 0.6 is 0 Å². The Balaban J connectivity index is 1.93. The average Bonchev–Trinajstić information content (AvgIpc) is 3.01. The van der Waals surface area contributed by atoms with E-state index in [0.29, 0.717) is 18.8 Å². The number of carboxylic acid groups (broad SMARTS) is 1. The Hall–Kier alpha value is -2.13. The molecule has 1 fully saturated rings. The Morgan fingerprint density at radius 1 is 1.29 bits per heavy atom. The summed E-state index contributed by atoms with van der Waals surface area (Å²) in [6.45, 7) is 1.81. The standard InChI is InChI=1S/C15H18N2O6S/c1-10(18)16-5-6-17(13(9-16)15(19)20)24(21,22)12-2-3-14-11(8-12)4-7-23-14/h2-3,8,13H,4-7,9H2,1H3,(H,19,20). The molecule has 130 valence electrons. The van der Waals surface area contributed by atoms with Gasteiger partial charge in [0.15, 0.2) is 0 Å². The summed E-state index contributed by atoms with van der Waals surface area (Å²) >= 11 is 0. The Morgan fingerprint density at radius 2 is 2.04 bits per heavy atom. The van der Waals surface area contributed by atoms with Gasteiger partial charge in [0.05, 0.1) is 11.5 Å². The lowest BCUT2D eigenvalue weighted by molar-refractivity contribution is -0.145. The fourth-order valence-electron chi connectivity index (χ4n) is 3.00. The number of piperazine rings is 1. The van der Waals surface area contributed by atoms with Crippen LogP contribution in [0.5, 0.6) is 5.75 Å². The number of amides is 1. The summed E-state index contributed by atoms with van der Waals surface area (Å²) in [5.41, 5.74) is 0.797. The molecule has 1 aromatic rings. The maximum absolute atomic E-state index is 12.9. The van der Waals surface area contributed by atoms with E-state index < -0.39 is 22.0 Å². The predicted molar refractivity (Wildman–Crippen MR) is 83.2 cm³/mol. The zero-order valence-corrected chi connectivity index (χ0v) is 14.0. The van der Waals surface area contributed by atoms with Gasteiger partial charge in [0.25, 0.3) is 0 Å². The lowest BCUT2D eigenvalue weighted by Gasteiger charge is -2.38. The zero-order chi connectivity index (χ0) is 17.5. The average molecular weight is 354 g/mol. The third kappa shape index (κ3) is 2.84. The van der Waals surface area contributed by atoms with Gasteiger partial charge in [-0.3, -0.25) is 9.59 Å². The largest absolute Gasteiger partial charge is 0.493 e. The van der Waals surface area contributed by atoms with Crippen molar-refractivity contribution in [2.45, 2.75) is 24.3 Å². The Bertz CT molecular complexity index is 791. The van der Waals surface area contributed by atoms with E-state index in [1.807, 2.05) is 0 Å². The summed E-state index contributed by atoms with van der Waals surface area (Å²) in [5.74, 6) is -0.882. The predicted octanol–water partition coefficient (Wildman–Crippen LogP) is -0.0725. The smallest absolute Gasteiger partial charge is 0.323 e. The van der Waals surface area contributed by atoms with Crippen molar-refractivity contribution < 1.29 is 27.9 Å². The number of carboxylic acids is 1. The maximum atomic E-state index is 12.9. The molecule has 1 aromatic carbocycles. The van der Waals surface area contributed by atoms with Crippen LogP contribution in [0, 0.1) is 0 Å². The minimum Gasteiger partial charge on any atom is -0.493 e. The van der Waals surface area contributed by atoms with E-state index in [4.69, 9.17) is 4.74 Å². The third-order valence-electron chi connectivity index (χ3n) is 4.33. The van der Waals surface area contributed by atoms with E-state index in [9.17, 15) is 23.1 Å². The van der Waals surface area contributed by atoms with E-state index in [1.54, 1.807) is 6.07 Å². The van der Waals surface area contributed by atoms with Crippen LogP contribution in [0.4, 0.5) is 0 Å². The van der Waals surface area contributed by atoms with Gasteiger partial charge in [-0.2, -0.15) is 4.31 Å². The van der Waals surface area contributed by atoms with Gasteiger partial charge >= 0.3 is 5.97 Å². The molecule has 0 bridgehead atoms. The monoisotopic (exact) mass is 354 g/mol. The minimum absolute atomic E-state index is 0.0491. The molecule has 0 saturated carbocycles. The van der Waals surface area contributed by atoms with Crippen molar-refractivity contribution in [3.05, 3.63) is 23.8 Å². The van der Waals surface area contributed by atoms with Gasteiger partial charge in [-0.25, -0.2) is 8.42 Å². The highest BCUT2D eigenvalue weighted by molar-refractivity contribution is 7.89.